The van der Waals surface area contributed by atoms with Crippen LogP contribution < -0.4 is 10.8 Å². The Balaban J connectivity index is 2.06. The minimum absolute atomic E-state index is 0.0726. The lowest BCUT2D eigenvalue weighted by molar-refractivity contribution is -0.120. The molecule has 1 aromatic carbocycles. The van der Waals surface area contributed by atoms with Crippen LogP contribution in [-0.4, -0.2) is 51.2 Å². The molecule has 0 saturated carbocycles. The Bertz CT molecular complexity index is 1060. The Morgan fingerprint density at radius 3 is 2.72 bits per heavy atom. The molecule has 0 aliphatic heterocycles. The topological polar surface area (TPSA) is 109 Å². The summed E-state index contributed by atoms with van der Waals surface area (Å²) in [5, 5.41) is 19.7. The lowest BCUT2D eigenvalue weighted by atomic mass is 10.2. The molecule has 3 aromatic rings. The monoisotopic (exact) mass is 414 g/mol. The van der Waals surface area contributed by atoms with Crippen LogP contribution in [-0.2, 0) is 9.53 Å². The predicted octanol–water partition coefficient (Wildman–Crippen LogP) is 2.48. The van der Waals surface area contributed by atoms with Gasteiger partial charge in [0.05, 0.1) is 17.2 Å². The molecule has 0 radical (unpaired) electrons. The minimum atomic E-state index is -0.340. The third-order valence-corrected chi connectivity index (χ3v) is 5.91. The highest BCUT2D eigenvalue weighted by molar-refractivity contribution is 8.00. The van der Waals surface area contributed by atoms with E-state index in [2.05, 4.69) is 20.5 Å². The number of hydrogen-bond donors (Lipinski definition) is 3. The van der Waals surface area contributed by atoms with Crippen LogP contribution in [0, 0.1) is 19.3 Å². The summed E-state index contributed by atoms with van der Waals surface area (Å²) >= 11 is 1.34. The van der Waals surface area contributed by atoms with E-state index in [4.69, 9.17) is 10.1 Å². The smallest absolute Gasteiger partial charge is 0.233 e. The number of ether oxygens (including phenoxy) is 1. The molecular weight excluding hydrogens is 388 g/mol. The van der Waals surface area contributed by atoms with Crippen LogP contribution in [0.25, 0.3) is 16.7 Å². The molecule has 0 aliphatic carbocycles. The van der Waals surface area contributed by atoms with Crippen LogP contribution in [0.2, 0.25) is 0 Å². The number of nitrogens with one attached hydrogen (secondary N) is 3. The molecule has 9 heteroatoms. The van der Waals surface area contributed by atoms with Crippen molar-refractivity contribution in [2.24, 2.45) is 0 Å². The van der Waals surface area contributed by atoms with Crippen molar-refractivity contribution in [1.29, 1.82) is 5.41 Å². The number of aromatic amines is 1. The van der Waals surface area contributed by atoms with Crippen molar-refractivity contribution < 1.29 is 9.53 Å². The van der Waals surface area contributed by atoms with Crippen molar-refractivity contribution >= 4 is 28.7 Å². The lowest BCUT2D eigenvalue weighted by Gasteiger charge is -2.18. The highest BCUT2D eigenvalue weighted by atomic mass is 32.2. The first-order valence-corrected chi connectivity index (χ1v) is 10.4. The van der Waals surface area contributed by atoms with Crippen molar-refractivity contribution in [2.45, 2.75) is 37.6 Å². The highest BCUT2D eigenvalue weighted by Crippen LogP contribution is 2.27. The van der Waals surface area contributed by atoms with Crippen LogP contribution >= 0.6 is 11.8 Å². The van der Waals surface area contributed by atoms with Gasteiger partial charge in [-0.25, -0.2) is 4.98 Å². The average Bonchev–Trinajstić information content (AvgIpc) is 3.08. The number of nitrogens with zero attached hydrogens (tertiary/aromatic N) is 3. The quantitative estimate of drug-likeness (QED) is 0.298. The summed E-state index contributed by atoms with van der Waals surface area (Å²) in [6, 6.07) is 7.91. The number of aryl methyl sites for hydroxylation is 2. The Labute approximate surface area is 173 Å². The van der Waals surface area contributed by atoms with E-state index >= 15 is 0 Å². The van der Waals surface area contributed by atoms with Crippen LogP contribution in [0.3, 0.4) is 0 Å². The van der Waals surface area contributed by atoms with E-state index < -0.39 is 0 Å². The fourth-order valence-electron chi connectivity index (χ4n) is 2.98. The maximum Gasteiger partial charge on any atom is 0.233 e. The first-order chi connectivity index (χ1) is 14.0. The number of H-pyrrole nitrogens is 1. The molecule has 2 aromatic heterocycles. The van der Waals surface area contributed by atoms with Gasteiger partial charge >= 0.3 is 0 Å². The van der Waals surface area contributed by atoms with Gasteiger partial charge in [-0.05, 0) is 32.4 Å². The standard InChI is InChI=1S/C20H26N6O2S/c1-5-15(19(27)22-10-11-28-4)29-20-23-18-16(13(3)24-25-18)17(21)26(20)14-8-6-12(2)7-9-14/h6-9,15,21H,5,10-11H2,1-4H3,(H,22,27)(H,24,25)/t15-/m0/s1. The van der Waals surface area contributed by atoms with E-state index in [0.717, 1.165) is 16.9 Å². The number of benzene rings is 1. The Morgan fingerprint density at radius 1 is 1.34 bits per heavy atom. The molecule has 3 N–H and O–H groups in total. The Kier molecular flexibility index (Phi) is 6.71. The number of rotatable bonds is 8. The number of thioether (sulfide) groups is 1. The number of methoxy groups -OCH3 is 1. The molecule has 3 rings (SSSR count). The molecule has 0 fully saturated rings. The molecule has 0 spiro atoms. The zero-order chi connectivity index (χ0) is 21.0. The summed E-state index contributed by atoms with van der Waals surface area (Å²) in [4.78, 5) is 17.3. The van der Waals surface area contributed by atoms with Gasteiger partial charge in [0.15, 0.2) is 10.8 Å². The number of carbonyl (C=O) groups excluding carboxylic acids is 1. The van der Waals surface area contributed by atoms with E-state index in [1.54, 1.807) is 11.7 Å². The average molecular weight is 415 g/mol. The molecule has 0 bridgehead atoms. The highest BCUT2D eigenvalue weighted by Gasteiger charge is 2.22. The SMILES string of the molecule is CC[C@H](Sc1nc2n[nH]c(C)c2c(=N)n1-c1ccc(C)cc1)C(=O)NCCOC. The van der Waals surface area contributed by atoms with Crippen molar-refractivity contribution in [3.8, 4) is 5.69 Å². The third kappa shape index (κ3) is 4.51. The zero-order valence-electron chi connectivity index (χ0n) is 17.1. The summed E-state index contributed by atoms with van der Waals surface area (Å²) < 4.78 is 6.78. The van der Waals surface area contributed by atoms with Crippen LogP contribution in [0.5, 0.6) is 0 Å². The van der Waals surface area contributed by atoms with Crippen molar-refractivity contribution in [3.05, 3.63) is 41.0 Å². The number of fused-ring (bicyclic) bond motifs is 1. The van der Waals surface area contributed by atoms with Crippen molar-refractivity contribution in [2.75, 3.05) is 20.3 Å². The van der Waals surface area contributed by atoms with Gasteiger partial charge in [-0.3, -0.25) is 19.9 Å². The number of aromatic nitrogens is 4. The van der Waals surface area contributed by atoms with Gasteiger partial charge < -0.3 is 10.1 Å². The van der Waals surface area contributed by atoms with Gasteiger partial charge in [0.1, 0.15) is 5.49 Å². The first-order valence-electron chi connectivity index (χ1n) is 9.49. The number of carbonyl (C=O) groups is 1. The molecule has 29 heavy (non-hydrogen) atoms. The fraction of sp³-hybridized carbons (Fsp3) is 0.400. The fourth-order valence-corrected chi connectivity index (χ4v) is 4.03. The van der Waals surface area contributed by atoms with E-state index in [0.29, 0.717) is 41.3 Å². The summed E-state index contributed by atoms with van der Waals surface area (Å²) in [5.74, 6) is -0.0726. The molecule has 0 saturated heterocycles. The lowest BCUT2D eigenvalue weighted by Crippen LogP contribution is -2.35. The molecular formula is C20H26N6O2S. The van der Waals surface area contributed by atoms with Crippen LogP contribution in [0.15, 0.2) is 29.4 Å². The van der Waals surface area contributed by atoms with E-state index in [1.165, 1.54) is 11.8 Å². The Morgan fingerprint density at radius 2 is 2.07 bits per heavy atom. The third-order valence-electron chi connectivity index (χ3n) is 4.59. The molecule has 1 atom stereocenters. The molecule has 154 valence electrons. The summed E-state index contributed by atoms with van der Waals surface area (Å²) in [5.41, 5.74) is 3.52. The van der Waals surface area contributed by atoms with Gasteiger partial charge in [-0.2, -0.15) is 5.10 Å². The van der Waals surface area contributed by atoms with Gasteiger partial charge in [0, 0.05) is 25.0 Å². The maximum atomic E-state index is 12.6. The van der Waals surface area contributed by atoms with Gasteiger partial charge in [-0.1, -0.05) is 36.4 Å². The number of amides is 1. The summed E-state index contributed by atoms with van der Waals surface area (Å²) in [7, 11) is 1.60. The van der Waals surface area contributed by atoms with Crippen molar-refractivity contribution in [3.63, 3.8) is 0 Å². The number of hydrogen-bond acceptors (Lipinski definition) is 6. The predicted molar refractivity (Wildman–Crippen MR) is 113 cm³/mol. The summed E-state index contributed by atoms with van der Waals surface area (Å²) in [6.07, 6.45) is 0.629. The van der Waals surface area contributed by atoms with Gasteiger partial charge in [0.2, 0.25) is 5.91 Å². The van der Waals surface area contributed by atoms with E-state index in [9.17, 15) is 4.79 Å². The first kappa shape index (κ1) is 21.1. The van der Waals surface area contributed by atoms with E-state index in [-0.39, 0.29) is 11.2 Å². The maximum absolute atomic E-state index is 12.6. The largest absolute Gasteiger partial charge is 0.383 e. The van der Waals surface area contributed by atoms with Gasteiger partial charge in [-0.15, -0.1) is 0 Å². The van der Waals surface area contributed by atoms with Crippen molar-refractivity contribution in [1.82, 2.24) is 25.1 Å². The molecule has 0 unspecified atom stereocenters. The second-order valence-corrected chi connectivity index (χ2v) is 7.93. The van der Waals surface area contributed by atoms with Crippen LogP contribution in [0.4, 0.5) is 0 Å². The molecule has 0 aliphatic rings. The van der Waals surface area contributed by atoms with Crippen LogP contribution in [0.1, 0.15) is 24.6 Å². The second kappa shape index (κ2) is 9.23. The van der Waals surface area contributed by atoms with E-state index in [1.807, 2.05) is 45.0 Å². The zero-order valence-corrected chi connectivity index (χ0v) is 17.9. The second-order valence-electron chi connectivity index (χ2n) is 6.76. The minimum Gasteiger partial charge on any atom is -0.383 e. The molecule has 8 nitrogen and oxygen atoms in total. The molecule has 1 amide bonds. The Hall–Kier alpha value is -2.65. The van der Waals surface area contributed by atoms with Gasteiger partial charge in [0.25, 0.3) is 0 Å². The molecule has 2 heterocycles. The normalized spacial score (nSPS) is 12.3. The summed E-state index contributed by atoms with van der Waals surface area (Å²) in [6.45, 7) is 6.77.